The zero-order valence-corrected chi connectivity index (χ0v) is 22.5. The fourth-order valence-electron chi connectivity index (χ4n) is 4.66. The molecule has 2 aromatic rings. The number of nitrogens with one attached hydrogen (secondary N) is 1. The molecular formula is C25H26ClF5N6O4. The molecule has 0 spiro atoms. The van der Waals surface area contributed by atoms with Crippen molar-refractivity contribution in [3.8, 4) is 0 Å². The number of urea groups is 1. The molecule has 1 aromatic heterocycles. The molecule has 4 rings (SSSR count). The average molecular weight is 605 g/mol. The number of aromatic nitrogens is 1. The standard InChI is InChI=1S/C25H26ClF5N6O4/c1-14-8-16(25(29,30)31)10-21(33-14)37-20(22(38)32-12-15-9-17(26)19(28)11-18(15)27)13-36(23(37)39)7-4-34-2-5-35(6-3-34)24(40)41/h8-11,20H,2-7,12-13H2,1H3,(H,32,38)(H,40,41). The van der Waals surface area contributed by atoms with Gasteiger partial charge in [-0.05, 0) is 25.1 Å². The number of halogens is 6. The van der Waals surface area contributed by atoms with Gasteiger partial charge in [-0.25, -0.2) is 23.4 Å². The Hall–Kier alpha value is -3.72. The minimum absolute atomic E-state index is 0.0282. The third kappa shape index (κ3) is 6.96. The number of hydrogen-bond donors (Lipinski definition) is 2. The predicted octanol–water partition coefficient (Wildman–Crippen LogP) is 3.56. The van der Waals surface area contributed by atoms with Gasteiger partial charge in [0, 0.05) is 63.1 Å². The van der Waals surface area contributed by atoms with E-state index >= 15 is 0 Å². The first-order valence-electron chi connectivity index (χ1n) is 12.5. The average Bonchev–Trinajstić information content (AvgIpc) is 3.24. The number of carboxylic acid groups (broad SMARTS) is 1. The van der Waals surface area contributed by atoms with E-state index in [9.17, 15) is 36.3 Å². The van der Waals surface area contributed by atoms with Crippen molar-refractivity contribution in [2.75, 3.05) is 50.7 Å². The maximum absolute atomic E-state index is 14.2. The van der Waals surface area contributed by atoms with Gasteiger partial charge in [0.1, 0.15) is 23.5 Å². The number of piperazine rings is 1. The first-order valence-corrected chi connectivity index (χ1v) is 12.9. The van der Waals surface area contributed by atoms with Crippen LogP contribution in [-0.2, 0) is 17.5 Å². The zero-order chi connectivity index (χ0) is 30.1. The van der Waals surface area contributed by atoms with Crippen molar-refractivity contribution in [1.82, 2.24) is 25.0 Å². The second-order valence-corrected chi connectivity index (χ2v) is 10.1. The minimum atomic E-state index is -4.74. The summed E-state index contributed by atoms with van der Waals surface area (Å²) in [5, 5.41) is 11.2. The quantitative estimate of drug-likeness (QED) is 0.370. The highest BCUT2D eigenvalue weighted by Gasteiger charge is 2.44. The van der Waals surface area contributed by atoms with Gasteiger partial charge in [-0.3, -0.25) is 14.6 Å². The Labute approximate surface area is 236 Å². The van der Waals surface area contributed by atoms with Crippen molar-refractivity contribution in [2.24, 2.45) is 0 Å². The lowest BCUT2D eigenvalue weighted by Gasteiger charge is -2.33. The van der Waals surface area contributed by atoms with Gasteiger partial charge in [0.05, 0.1) is 17.1 Å². The number of anilines is 1. The molecule has 0 bridgehead atoms. The lowest BCUT2D eigenvalue weighted by Crippen LogP contribution is -2.50. The molecule has 4 amide bonds. The molecule has 2 fully saturated rings. The van der Waals surface area contributed by atoms with Crippen LogP contribution in [0.25, 0.3) is 0 Å². The Morgan fingerprint density at radius 3 is 2.39 bits per heavy atom. The molecule has 1 atom stereocenters. The van der Waals surface area contributed by atoms with Crippen LogP contribution in [0.15, 0.2) is 24.3 Å². The van der Waals surface area contributed by atoms with Crippen LogP contribution in [0.4, 0.5) is 37.4 Å². The fourth-order valence-corrected chi connectivity index (χ4v) is 4.85. The van der Waals surface area contributed by atoms with Crippen molar-refractivity contribution in [2.45, 2.75) is 25.7 Å². The molecule has 10 nitrogen and oxygen atoms in total. The third-order valence-corrected chi connectivity index (χ3v) is 7.16. The maximum Gasteiger partial charge on any atom is 0.416 e. The van der Waals surface area contributed by atoms with E-state index in [1.54, 1.807) is 0 Å². The fraction of sp³-hybridized carbons (Fsp3) is 0.440. The van der Waals surface area contributed by atoms with Gasteiger partial charge < -0.3 is 20.2 Å². The summed E-state index contributed by atoms with van der Waals surface area (Å²) >= 11 is 5.71. The molecule has 0 aliphatic carbocycles. The molecule has 2 aliphatic rings. The van der Waals surface area contributed by atoms with Gasteiger partial charge in [0.15, 0.2) is 0 Å². The summed E-state index contributed by atoms with van der Waals surface area (Å²) < 4.78 is 68.3. The Morgan fingerprint density at radius 2 is 1.76 bits per heavy atom. The molecule has 16 heteroatoms. The van der Waals surface area contributed by atoms with Gasteiger partial charge in [0.25, 0.3) is 0 Å². The van der Waals surface area contributed by atoms with Crippen LogP contribution in [0, 0.1) is 18.6 Å². The van der Waals surface area contributed by atoms with Crippen LogP contribution in [0.2, 0.25) is 5.02 Å². The zero-order valence-electron chi connectivity index (χ0n) is 21.7. The van der Waals surface area contributed by atoms with Gasteiger partial charge in [-0.2, -0.15) is 13.2 Å². The number of pyridine rings is 1. The highest BCUT2D eigenvalue weighted by molar-refractivity contribution is 6.30. The first kappa shape index (κ1) is 30.2. The van der Waals surface area contributed by atoms with Crippen LogP contribution in [-0.4, -0.2) is 94.7 Å². The number of aryl methyl sites for hydroxylation is 1. The molecule has 0 saturated carbocycles. The van der Waals surface area contributed by atoms with Crippen LogP contribution in [0.1, 0.15) is 16.8 Å². The number of carbonyl (C=O) groups is 3. The first-order chi connectivity index (χ1) is 19.2. The number of rotatable bonds is 7. The molecule has 1 unspecified atom stereocenters. The van der Waals surface area contributed by atoms with E-state index < -0.39 is 54.0 Å². The topological polar surface area (TPSA) is 109 Å². The highest BCUT2D eigenvalue weighted by atomic mass is 35.5. The summed E-state index contributed by atoms with van der Waals surface area (Å²) in [4.78, 5) is 47.3. The summed E-state index contributed by atoms with van der Waals surface area (Å²) in [6.45, 7) is 2.52. The van der Waals surface area contributed by atoms with Gasteiger partial charge >= 0.3 is 18.3 Å². The normalized spacial score (nSPS) is 18.3. The summed E-state index contributed by atoms with van der Waals surface area (Å²) in [6.07, 6.45) is -5.77. The number of amides is 4. The Morgan fingerprint density at radius 1 is 1.07 bits per heavy atom. The second-order valence-electron chi connectivity index (χ2n) is 9.65. The number of carbonyl (C=O) groups excluding carboxylic acids is 2. The van der Waals surface area contributed by atoms with Crippen molar-refractivity contribution in [3.63, 3.8) is 0 Å². The number of nitrogens with zero attached hydrogens (tertiary/aromatic N) is 5. The maximum atomic E-state index is 14.2. The van der Waals surface area contributed by atoms with Crippen LogP contribution >= 0.6 is 11.6 Å². The number of alkyl halides is 3. The van der Waals surface area contributed by atoms with Crippen molar-refractivity contribution >= 4 is 35.5 Å². The summed E-state index contributed by atoms with van der Waals surface area (Å²) in [6, 6.07) is 0.978. The number of hydrogen-bond acceptors (Lipinski definition) is 5. The predicted molar refractivity (Wildman–Crippen MR) is 136 cm³/mol. The molecule has 3 heterocycles. The van der Waals surface area contributed by atoms with E-state index in [2.05, 4.69) is 10.3 Å². The van der Waals surface area contributed by atoms with E-state index in [4.69, 9.17) is 16.7 Å². The summed E-state index contributed by atoms with van der Waals surface area (Å²) in [7, 11) is 0. The van der Waals surface area contributed by atoms with Crippen molar-refractivity contribution in [1.29, 1.82) is 0 Å². The summed E-state index contributed by atoms with van der Waals surface area (Å²) in [5.74, 6) is -3.13. The van der Waals surface area contributed by atoms with Crippen LogP contribution in [0.3, 0.4) is 0 Å². The Bertz CT molecular complexity index is 1340. The summed E-state index contributed by atoms with van der Waals surface area (Å²) in [5.41, 5.74) is -1.21. The van der Waals surface area contributed by atoms with Gasteiger partial charge in [-0.1, -0.05) is 11.6 Å². The molecule has 41 heavy (non-hydrogen) atoms. The largest absolute Gasteiger partial charge is 0.465 e. The van der Waals surface area contributed by atoms with Crippen LogP contribution < -0.4 is 10.2 Å². The molecule has 2 aliphatic heterocycles. The SMILES string of the molecule is Cc1cc(C(F)(F)F)cc(N2C(=O)N(CCN3CCN(C(=O)O)CC3)CC2C(=O)NCc2cc(Cl)c(F)cc2F)n1. The number of benzene rings is 1. The molecule has 2 N–H and O–H groups in total. The van der Waals surface area contributed by atoms with E-state index in [1.165, 1.54) is 16.7 Å². The second kappa shape index (κ2) is 12.0. The third-order valence-electron chi connectivity index (χ3n) is 6.87. The molecular weight excluding hydrogens is 579 g/mol. The van der Waals surface area contributed by atoms with Gasteiger partial charge in [-0.15, -0.1) is 0 Å². The lowest BCUT2D eigenvalue weighted by atomic mass is 10.1. The van der Waals surface area contributed by atoms with E-state index in [0.29, 0.717) is 31.8 Å². The Balaban J connectivity index is 1.54. The minimum Gasteiger partial charge on any atom is -0.465 e. The van der Waals surface area contributed by atoms with E-state index in [1.807, 2.05) is 4.90 Å². The highest BCUT2D eigenvalue weighted by Crippen LogP contribution is 2.33. The monoisotopic (exact) mass is 604 g/mol. The molecule has 0 radical (unpaired) electrons. The lowest BCUT2D eigenvalue weighted by molar-refractivity contribution is -0.137. The Kier molecular flexibility index (Phi) is 8.87. The molecule has 2 saturated heterocycles. The molecule has 1 aromatic carbocycles. The smallest absolute Gasteiger partial charge is 0.416 e. The van der Waals surface area contributed by atoms with Gasteiger partial charge in [0.2, 0.25) is 5.91 Å². The van der Waals surface area contributed by atoms with E-state index in [0.717, 1.165) is 17.0 Å². The van der Waals surface area contributed by atoms with Crippen molar-refractivity contribution < 1.29 is 41.4 Å². The van der Waals surface area contributed by atoms with E-state index in [-0.39, 0.29) is 48.3 Å². The molecule has 222 valence electrons. The van der Waals surface area contributed by atoms with Crippen molar-refractivity contribution in [3.05, 3.63) is 57.7 Å². The van der Waals surface area contributed by atoms with Crippen LogP contribution in [0.5, 0.6) is 0 Å².